The Morgan fingerprint density at radius 2 is 2.00 bits per heavy atom. The van der Waals surface area contributed by atoms with Gasteiger partial charge in [-0.25, -0.2) is 4.39 Å². The zero-order chi connectivity index (χ0) is 17.0. The lowest BCUT2D eigenvalue weighted by Gasteiger charge is -2.07. The summed E-state index contributed by atoms with van der Waals surface area (Å²) in [4.78, 5) is 23.7. The first-order valence-corrected chi connectivity index (χ1v) is 7.19. The van der Waals surface area contributed by atoms with E-state index >= 15 is 0 Å². The highest BCUT2D eigenvalue weighted by atomic mass is 19.1. The predicted octanol–water partition coefficient (Wildman–Crippen LogP) is 2.45. The van der Waals surface area contributed by atoms with Gasteiger partial charge in [-0.05, 0) is 32.9 Å². The van der Waals surface area contributed by atoms with Crippen molar-refractivity contribution in [1.29, 1.82) is 0 Å². The molecule has 0 saturated carbocycles. The lowest BCUT2D eigenvalue weighted by molar-refractivity contribution is -0.144. The Morgan fingerprint density at radius 1 is 1.30 bits per heavy atom. The van der Waals surface area contributed by atoms with Crippen LogP contribution in [0, 0.1) is 19.7 Å². The number of carbonyl (C=O) groups is 2. The molecule has 0 aliphatic carbocycles. The van der Waals surface area contributed by atoms with Crippen LogP contribution in [0.4, 0.5) is 10.1 Å². The highest BCUT2D eigenvalue weighted by Crippen LogP contribution is 2.21. The molecule has 23 heavy (non-hydrogen) atoms. The number of hydrogen-bond acceptors (Lipinski definition) is 4. The number of nitrogens with one attached hydrogen (secondary N) is 1. The summed E-state index contributed by atoms with van der Waals surface area (Å²) in [6.45, 7) is 5.38. The van der Waals surface area contributed by atoms with Gasteiger partial charge in [0, 0.05) is 0 Å². The van der Waals surface area contributed by atoms with Crippen molar-refractivity contribution in [2.24, 2.45) is 0 Å². The second-order valence-electron chi connectivity index (χ2n) is 4.94. The average Bonchev–Trinajstić information content (AvgIpc) is 2.75. The number of carbonyl (C=O) groups excluding carboxylic acids is 2. The minimum absolute atomic E-state index is 0.0456. The first-order valence-electron chi connectivity index (χ1n) is 7.19. The Morgan fingerprint density at radius 3 is 2.65 bits per heavy atom. The Hall–Kier alpha value is -2.70. The zero-order valence-corrected chi connectivity index (χ0v) is 13.2. The summed E-state index contributed by atoms with van der Waals surface area (Å²) >= 11 is 0. The third-order valence-corrected chi connectivity index (χ3v) is 3.32. The summed E-state index contributed by atoms with van der Waals surface area (Å²) in [6.07, 6.45) is 0. The van der Waals surface area contributed by atoms with E-state index in [1.54, 1.807) is 26.8 Å². The Labute approximate surface area is 133 Å². The molecule has 6 nitrogen and oxygen atoms in total. The number of aryl methyl sites for hydroxylation is 1. The molecule has 1 amide bonds. The van der Waals surface area contributed by atoms with Gasteiger partial charge in [-0.1, -0.05) is 12.1 Å². The third kappa shape index (κ3) is 3.74. The van der Waals surface area contributed by atoms with Gasteiger partial charge in [0.2, 0.25) is 0 Å². The van der Waals surface area contributed by atoms with Gasteiger partial charge in [-0.3, -0.25) is 14.3 Å². The molecule has 0 fully saturated rings. The monoisotopic (exact) mass is 319 g/mol. The fourth-order valence-electron chi connectivity index (χ4n) is 2.19. The van der Waals surface area contributed by atoms with E-state index in [-0.39, 0.29) is 18.7 Å². The molecule has 1 aromatic heterocycles. The van der Waals surface area contributed by atoms with E-state index < -0.39 is 17.7 Å². The van der Waals surface area contributed by atoms with Gasteiger partial charge >= 0.3 is 5.97 Å². The molecule has 0 radical (unpaired) electrons. The number of benzene rings is 1. The van der Waals surface area contributed by atoms with Crippen LogP contribution >= 0.6 is 0 Å². The number of rotatable bonds is 5. The normalized spacial score (nSPS) is 10.4. The lowest BCUT2D eigenvalue weighted by atomic mass is 10.2. The summed E-state index contributed by atoms with van der Waals surface area (Å²) < 4.78 is 20.0. The van der Waals surface area contributed by atoms with Gasteiger partial charge < -0.3 is 10.1 Å². The van der Waals surface area contributed by atoms with E-state index in [0.717, 1.165) is 0 Å². The van der Waals surface area contributed by atoms with E-state index in [2.05, 4.69) is 10.4 Å². The van der Waals surface area contributed by atoms with Crippen LogP contribution in [0.3, 0.4) is 0 Å². The summed E-state index contributed by atoms with van der Waals surface area (Å²) in [5.74, 6) is -1.57. The molecule has 2 aromatic rings. The van der Waals surface area contributed by atoms with Gasteiger partial charge in [0.1, 0.15) is 12.4 Å². The number of nitrogens with zero attached hydrogens (tertiary/aromatic N) is 2. The molecule has 7 heteroatoms. The molecule has 0 spiro atoms. The topological polar surface area (TPSA) is 73.2 Å². The summed E-state index contributed by atoms with van der Waals surface area (Å²) in [5.41, 5.74) is 1.55. The van der Waals surface area contributed by atoms with E-state index in [4.69, 9.17) is 4.74 Å². The molecule has 0 atom stereocenters. The molecule has 1 aromatic carbocycles. The molecular weight excluding hydrogens is 301 g/mol. The standard InChI is InChI=1S/C16H18FN3O3/c1-4-23-14(21)9-20-11(3)15(10(2)19-20)18-16(22)12-7-5-6-8-13(12)17/h5-8H,4,9H2,1-3H3,(H,18,22). The molecule has 0 aliphatic rings. The van der Waals surface area contributed by atoms with Crippen LogP contribution in [0.25, 0.3) is 0 Å². The lowest BCUT2D eigenvalue weighted by Crippen LogP contribution is -2.17. The van der Waals surface area contributed by atoms with E-state index in [1.807, 2.05) is 0 Å². The third-order valence-electron chi connectivity index (χ3n) is 3.32. The molecule has 0 aliphatic heterocycles. The SMILES string of the molecule is CCOC(=O)Cn1nc(C)c(NC(=O)c2ccccc2F)c1C. The van der Waals surface area contributed by atoms with E-state index in [0.29, 0.717) is 17.1 Å². The highest BCUT2D eigenvalue weighted by Gasteiger charge is 2.18. The molecule has 122 valence electrons. The molecule has 0 saturated heterocycles. The van der Waals surface area contributed by atoms with Crippen molar-refractivity contribution in [2.75, 3.05) is 11.9 Å². The quantitative estimate of drug-likeness (QED) is 0.859. The summed E-state index contributed by atoms with van der Waals surface area (Å²) in [7, 11) is 0. The Balaban J connectivity index is 2.21. The number of halogens is 1. The van der Waals surface area contributed by atoms with Gasteiger partial charge in [-0.2, -0.15) is 5.10 Å². The van der Waals surface area contributed by atoms with Gasteiger partial charge in [0.15, 0.2) is 0 Å². The Kier molecular flexibility index (Phi) is 5.10. The summed E-state index contributed by atoms with van der Waals surface area (Å²) in [6, 6.07) is 5.72. The van der Waals surface area contributed by atoms with Crippen LogP contribution in [0.2, 0.25) is 0 Å². The maximum Gasteiger partial charge on any atom is 0.327 e. The number of esters is 1. The second kappa shape index (κ2) is 7.04. The molecule has 1 N–H and O–H groups in total. The number of hydrogen-bond donors (Lipinski definition) is 1. The largest absolute Gasteiger partial charge is 0.465 e. The molecule has 2 rings (SSSR count). The van der Waals surface area contributed by atoms with Crippen molar-refractivity contribution < 1.29 is 18.7 Å². The minimum Gasteiger partial charge on any atom is -0.465 e. The van der Waals surface area contributed by atoms with Gasteiger partial charge in [0.25, 0.3) is 5.91 Å². The van der Waals surface area contributed by atoms with Gasteiger partial charge in [-0.15, -0.1) is 0 Å². The minimum atomic E-state index is -0.598. The van der Waals surface area contributed by atoms with Crippen LogP contribution < -0.4 is 5.32 Å². The number of ether oxygens (including phenoxy) is 1. The van der Waals surface area contributed by atoms with Crippen molar-refractivity contribution in [1.82, 2.24) is 9.78 Å². The Bertz CT molecular complexity index is 740. The van der Waals surface area contributed by atoms with Crippen LogP contribution in [-0.4, -0.2) is 28.3 Å². The maximum atomic E-state index is 13.7. The van der Waals surface area contributed by atoms with E-state index in [1.165, 1.54) is 22.9 Å². The van der Waals surface area contributed by atoms with Crippen molar-refractivity contribution in [3.05, 3.63) is 47.0 Å². The molecule has 0 bridgehead atoms. The van der Waals surface area contributed by atoms with Crippen molar-refractivity contribution in [3.8, 4) is 0 Å². The van der Waals surface area contributed by atoms with Crippen LogP contribution in [-0.2, 0) is 16.1 Å². The number of anilines is 1. The number of aromatic nitrogens is 2. The smallest absolute Gasteiger partial charge is 0.327 e. The van der Waals surface area contributed by atoms with Crippen molar-refractivity contribution >= 4 is 17.6 Å². The fraction of sp³-hybridized carbons (Fsp3) is 0.312. The van der Waals surface area contributed by atoms with Crippen molar-refractivity contribution in [2.45, 2.75) is 27.3 Å². The van der Waals surface area contributed by atoms with Crippen LogP contribution in [0.15, 0.2) is 24.3 Å². The van der Waals surface area contributed by atoms with E-state index in [9.17, 15) is 14.0 Å². The zero-order valence-electron chi connectivity index (χ0n) is 13.2. The van der Waals surface area contributed by atoms with Crippen molar-refractivity contribution in [3.63, 3.8) is 0 Å². The van der Waals surface area contributed by atoms with Crippen LogP contribution in [0.5, 0.6) is 0 Å². The second-order valence-corrected chi connectivity index (χ2v) is 4.94. The molecular formula is C16H18FN3O3. The van der Waals surface area contributed by atoms with Crippen LogP contribution in [0.1, 0.15) is 28.7 Å². The average molecular weight is 319 g/mol. The first-order chi connectivity index (χ1) is 10.9. The first kappa shape index (κ1) is 16.7. The predicted molar refractivity (Wildman–Crippen MR) is 82.7 cm³/mol. The molecule has 1 heterocycles. The summed E-state index contributed by atoms with van der Waals surface area (Å²) in [5, 5.41) is 6.86. The number of amides is 1. The molecule has 0 unspecified atom stereocenters. The highest BCUT2D eigenvalue weighted by molar-refractivity contribution is 6.05. The fourth-order valence-corrected chi connectivity index (χ4v) is 2.19. The van der Waals surface area contributed by atoms with Gasteiger partial charge in [0.05, 0.1) is 29.2 Å². The maximum absolute atomic E-state index is 13.7.